The lowest BCUT2D eigenvalue weighted by Gasteiger charge is -2.43. The number of benzene rings is 3. The van der Waals surface area contributed by atoms with Gasteiger partial charge in [-0.1, -0.05) is 60.2 Å². The zero-order valence-electron chi connectivity index (χ0n) is 20.4. The third-order valence-corrected chi connectivity index (χ3v) is 9.42. The van der Waals surface area contributed by atoms with Crippen LogP contribution in [0, 0.1) is 24.7 Å². The minimum atomic E-state index is 0.0499. The highest BCUT2D eigenvalue weighted by Gasteiger charge is 2.53. The molecule has 1 heterocycles. The molecule has 0 aromatic heterocycles. The maximum absolute atomic E-state index is 13.0. The molecule has 2 bridgehead atoms. The van der Waals surface area contributed by atoms with E-state index in [2.05, 4.69) is 84.3 Å². The molecule has 35 heavy (non-hydrogen) atoms. The predicted octanol–water partition coefficient (Wildman–Crippen LogP) is 6.95. The maximum atomic E-state index is 13.0. The number of rotatable bonds is 7. The van der Waals surface area contributed by atoms with Crippen LogP contribution in [0.2, 0.25) is 0 Å². The molecule has 0 saturated heterocycles. The number of nitrogens with one attached hydrogen (secondary N) is 2. The first-order chi connectivity index (χ1) is 17.2. The monoisotopic (exact) mass is 482 g/mol. The number of fused-ring (bicyclic) bond motifs is 7. The maximum Gasteiger partial charge on any atom is 0.251 e. The molecule has 0 radical (unpaired) electrons. The third kappa shape index (κ3) is 4.49. The van der Waals surface area contributed by atoms with Crippen molar-refractivity contribution in [2.24, 2.45) is 17.8 Å². The molecule has 2 fully saturated rings. The first-order valence-corrected chi connectivity index (χ1v) is 14.2. The molecule has 2 aliphatic carbocycles. The molecule has 3 aromatic rings. The average molecular weight is 483 g/mol. The van der Waals surface area contributed by atoms with Gasteiger partial charge < -0.3 is 10.6 Å². The second-order valence-electron chi connectivity index (χ2n) is 10.6. The van der Waals surface area contributed by atoms with Crippen LogP contribution in [0.1, 0.15) is 63.8 Å². The Balaban J connectivity index is 1.13. The number of thioether (sulfide) groups is 1. The number of amides is 1. The summed E-state index contributed by atoms with van der Waals surface area (Å²) in [7, 11) is 0. The topological polar surface area (TPSA) is 41.1 Å². The molecule has 6 rings (SSSR count). The number of carbonyl (C=O) groups excluding carboxylic acids is 1. The van der Waals surface area contributed by atoms with Crippen LogP contribution in [0.3, 0.4) is 0 Å². The normalized spacial score (nSPS) is 26.0. The summed E-state index contributed by atoms with van der Waals surface area (Å²) >= 11 is 1.87. The van der Waals surface area contributed by atoms with E-state index in [9.17, 15) is 4.79 Å². The van der Waals surface area contributed by atoms with Crippen molar-refractivity contribution < 1.29 is 4.79 Å². The van der Waals surface area contributed by atoms with Crippen LogP contribution in [0.15, 0.2) is 72.8 Å². The van der Waals surface area contributed by atoms with Gasteiger partial charge >= 0.3 is 0 Å². The first kappa shape index (κ1) is 22.7. The van der Waals surface area contributed by atoms with Crippen molar-refractivity contribution in [2.75, 3.05) is 17.6 Å². The van der Waals surface area contributed by atoms with Gasteiger partial charge in [-0.05, 0) is 84.7 Å². The molecule has 2 saturated carbocycles. The highest BCUT2D eigenvalue weighted by molar-refractivity contribution is 7.98. The van der Waals surface area contributed by atoms with E-state index >= 15 is 0 Å². The highest BCUT2D eigenvalue weighted by Crippen LogP contribution is 2.63. The van der Waals surface area contributed by atoms with Crippen LogP contribution in [-0.4, -0.2) is 18.2 Å². The average Bonchev–Trinajstić information content (AvgIpc) is 3.51. The lowest BCUT2D eigenvalue weighted by Crippen LogP contribution is -2.35. The molecule has 5 atom stereocenters. The fraction of sp³-hybridized carbons (Fsp3) is 0.387. The van der Waals surface area contributed by atoms with Crippen LogP contribution in [-0.2, 0) is 5.75 Å². The quantitative estimate of drug-likeness (QED) is 0.358. The number of hydrogen-bond donors (Lipinski definition) is 2. The van der Waals surface area contributed by atoms with Gasteiger partial charge in [-0.15, -0.1) is 0 Å². The van der Waals surface area contributed by atoms with Crippen molar-refractivity contribution >= 4 is 23.4 Å². The van der Waals surface area contributed by atoms with E-state index < -0.39 is 0 Å². The van der Waals surface area contributed by atoms with E-state index in [1.807, 2.05) is 17.8 Å². The van der Waals surface area contributed by atoms with Gasteiger partial charge in [0.1, 0.15) is 0 Å². The van der Waals surface area contributed by atoms with E-state index in [1.54, 1.807) is 0 Å². The lowest BCUT2D eigenvalue weighted by atomic mass is 9.68. The Morgan fingerprint density at radius 1 is 1.00 bits per heavy atom. The summed E-state index contributed by atoms with van der Waals surface area (Å²) in [6, 6.07) is 26.3. The lowest BCUT2D eigenvalue weighted by molar-refractivity contribution is 0.0956. The predicted molar refractivity (Wildman–Crippen MR) is 146 cm³/mol. The molecular weight excluding hydrogens is 448 g/mol. The van der Waals surface area contributed by atoms with Gasteiger partial charge in [0, 0.05) is 29.3 Å². The van der Waals surface area contributed by atoms with E-state index in [4.69, 9.17) is 0 Å². The van der Waals surface area contributed by atoms with Crippen LogP contribution in [0.4, 0.5) is 5.69 Å². The van der Waals surface area contributed by atoms with Crippen LogP contribution in [0.25, 0.3) is 0 Å². The second-order valence-corrected chi connectivity index (χ2v) is 11.7. The van der Waals surface area contributed by atoms with Gasteiger partial charge in [-0.2, -0.15) is 11.8 Å². The van der Waals surface area contributed by atoms with Gasteiger partial charge in [0.15, 0.2) is 0 Å². The minimum absolute atomic E-state index is 0.0499. The molecule has 1 amide bonds. The third-order valence-electron chi connectivity index (χ3n) is 8.39. The Hall–Kier alpha value is -2.72. The van der Waals surface area contributed by atoms with Crippen LogP contribution in [0.5, 0.6) is 0 Å². The van der Waals surface area contributed by atoms with E-state index in [-0.39, 0.29) is 5.91 Å². The molecule has 3 aromatic carbocycles. The largest absolute Gasteiger partial charge is 0.378 e. The van der Waals surface area contributed by atoms with Crippen molar-refractivity contribution in [1.29, 1.82) is 0 Å². The Bertz CT molecular complexity index is 1210. The Labute approximate surface area is 213 Å². The minimum Gasteiger partial charge on any atom is -0.378 e. The van der Waals surface area contributed by atoms with Crippen molar-refractivity contribution in [1.82, 2.24) is 5.32 Å². The van der Waals surface area contributed by atoms with Crippen molar-refractivity contribution in [3.05, 3.63) is 101 Å². The molecule has 0 unspecified atom stereocenters. The van der Waals surface area contributed by atoms with E-state index in [0.29, 0.717) is 24.4 Å². The summed E-state index contributed by atoms with van der Waals surface area (Å²) in [5.74, 6) is 4.68. The van der Waals surface area contributed by atoms with Crippen molar-refractivity contribution in [2.45, 2.75) is 43.9 Å². The molecule has 3 nitrogen and oxygen atoms in total. The van der Waals surface area contributed by atoms with Gasteiger partial charge in [-0.25, -0.2) is 0 Å². The number of hydrogen-bond acceptors (Lipinski definition) is 3. The summed E-state index contributed by atoms with van der Waals surface area (Å²) in [5, 5.41) is 7.03. The zero-order valence-corrected chi connectivity index (χ0v) is 21.2. The SMILES string of the molecule is Cc1cccc(CSCCNC(=O)c2ccc3c(c2)[C@@H]2[C@H]4CC[C@@H](C4)[C@H]2[C@@H](c2ccccc2)N3)c1. The second kappa shape index (κ2) is 9.73. The fourth-order valence-corrected chi connectivity index (χ4v) is 7.75. The molecule has 180 valence electrons. The summed E-state index contributed by atoms with van der Waals surface area (Å²) in [6.45, 7) is 2.82. The Kier molecular flexibility index (Phi) is 6.32. The van der Waals surface area contributed by atoms with Gasteiger partial charge in [0.25, 0.3) is 5.91 Å². The molecule has 4 heteroatoms. The van der Waals surface area contributed by atoms with Gasteiger partial charge in [-0.3, -0.25) is 4.79 Å². The molecular formula is C31H34N2OS. The summed E-state index contributed by atoms with van der Waals surface area (Å²) in [5.41, 5.74) is 7.43. The number of aryl methyl sites for hydroxylation is 1. The summed E-state index contributed by atoms with van der Waals surface area (Å²) in [4.78, 5) is 13.0. The van der Waals surface area contributed by atoms with Crippen LogP contribution >= 0.6 is 11.8 Å². The fourth-order valence-electron chi connectivity index (χ4n) is 6.95. The molecule has 2 N–H and O–H groups in total. The van der Waals surface area contributed by atoms with Gasteiger partial charge in [0.2, 0.25) is 0 Å². The Morgan fingerprint density at radius 2 is 1.86 bits per heavy atom. The number of carbonyl (C=O) groups is 1. The van der Waals surface area contributed by atoms with E-state index in [0.717, 1.165) is 28.9 Å². The van der Waals surface area contributed by atoms with Crippen molar-refractivity contribution in [3.8, 4) is 0 Å². The van der Waals surface area contributed by atoms with E-state index in [1.165, 1.54) is 47.2 Å². The zero-order chi connectivity index (χ0) is 23.8. The summed E-state index contributed by atoms with van der Waals surface area (Å²) < 4.78 is 0. The van der Waals surface area contributed by atoms with Crippen molar-refractivity contribution in [3.63, 3.8) is 0 Å². The number of anilines is 1. The van der Waals surface area contributed by atoms with Crippen LogP contribution < -0.4 is 10.6 Å². The smallest absolute Gasteiger partial charge is 0.251 e. The Morgan fingerprint density at radius 3 is 2.71 bits per heavy atom. The standard InChI is InChI=1S/C31H34N2OS/c1-20-6-5-7-21(16-20)19-35-15-14-32-31(34)25-12-13-27-26(18-25)28-23-10-11-24(17-23)29(28)30(33-27)22-8-3-2-4-9-22/h2-9,12-13,16,18,23-24,28-30,33H,10-11,14-15,17,19H2,1H3,(H,32,34)/t23-,24-,28-,29+,30+/m0/s1. The molecule has 1 aliphatic heterocycles. The molecule has 0 spiro atoms. The van der Waals surface area contributed by atoms with Gasteiger partial charge in [0.05, 0.1) is 6.04 Å². The first-order valence-electron chi connectivity index (χ1n) is 13.0. The molecule has 3 aliphatic rings. The summed E-state index contributed by atoms with van der Waals surface area (Å²) in [6.07, 6.45) is 4.03. The highest BCUT2D eigenvalue weighted by atomic mass is 32.2.